The van der Waals surface area contributed by atoms with E-state index in [1.165, 1.54) is 23.1 Å². The molecule has 1 N–H and O–H groups in total. The molecule has 134 valence electrons. The Balaban J connectivity index is 1.79. The van der Waals surface area contributed by atoms with Crippen LogP contribution in [0.5, 0.6) is 0 Å². The number of carbonyl (C=O) groups excluding carboxylic acids is 1. The number of hydrogen-bond donors (Lipinski definition) is 1. The van der Waals surface area contributed by atoms with Gasteiger partial charge in [-0.3, -0.25) is 4.79 Å². The third-order valence-electron chi connectivity index (χ3n) is 4.13. The van der Waals surface area contributed by atoms with Gasteiger partial charge in [-0.2, -0.15) is 0 Å². The minimum absolute atomic E-state index is 0.0397. The lowest BCUT2D eigenvalue weighted by molar-refractivity contribution is 0.102. The number of carbonyl (C=O) groups is 1. The van der Waals surface area contributed by atoms with Crippen LogP contribution >= 0.6 is 22.9 Å². The lowest BCUT2D eigenvalue weighted by Gasteiger charge is -2.10. The van der Waals surface area contributed by atoms with Crippen molar-refractivity contribution >= 4 is 45.4 Å². The van der Waals surface area contributed by atoms with Gasteiger partial charge in [0.1, 0.15) is 5.82 Å². The zero-order chi connectivity index (χ0) is 19.0. The maximum absolute atomic E-state index is 13.4. The molecular formula is C21H14ClFN2OS. The molecule has 0 unspecified atom stereocenters. The van der Waals surface area contributed by atoms with Crippen molar-refractivity contribution in [3.63, 3.8) is 0 Å². The summed E-state index contributed by atoms with van der Waals surface area (Å²) in [5, 5.41) is 3.50. The number of nitrogens with one attached hydrogen (secondary N) is 1. The predicted molar refractivity (Wildman–Crippen MR) is 109 cm³/mol. The Hall–Kier alpha value is -2.76. The molecule has 1 amide bonds. The van der Waals surface area contributed by atoms with E-state index in [4.69, 9.17) is 16.6 Å². The number of anilines is 1. The first-order valence-corrected chi connectivity index (χ1v) is 9.44. The second-order valence-corrected chi connectivity index (χ2v) is 7.76. The van der Waals surface area contributed by atoms with Crippen molar-refractivity contribution in [3.8, 4) is 10.6 Å². The van der Waals surface area contributed by atoms with Gasteiger partial charge >= 0.3 is 0 Å². The minimum Gasteiger partial charge on any atom is -0.322 e. The molecule has 0 aliphatic carbocycles. The number of nitrogens with zero attached hydrogens (tertiary/aromatic N) is 1. The van der Waals surface area contributed by atoms with Crippen molar-refractivity contribution in [1.29, 1.82) is 0 Å². The number of pyridine rings is 1. The molecule has 4 rings (SSSR count). The van der Waals surface area contributed by atoms with E-state index in [9.17, 15) is 9.18 Å². The van der Waals surface area contributed by atoms with Crippen LogP contribution in [0.2, 0.25) is 5.02 Å². The molecule has 0 radical (unpaired) electrons. The van der Waals surface area contributed by atoms with Crippen LogP contribution in [0.25, 0.3) is 21.5 Å². The fourth-order valence-corrected chi connectivity index (χ4v) is 3.84. The Labute approximate surface area is 164 Å². The zero-order valence-corrected chi connectivity index (χ0v) is 15.9. The number of hydrogen-bond acceptors (Lipinski definition) is 3. The van der Waals surface area contributed by atoms with Gasteiger partial charge in [0.2, 0.25) is 0 Å². The number of rotatable bonds is 3. The summed E-state index contributed by atoms with van der Waals surface area (Å²) in [6.07, 6.45) is 0. The maximum atomic E-state index is 13.4. The Kier molecular flexibility index (Phi) is 4.64. The molecule has 0 aliphatic heterocycles. The topological polar surface area (TPSA) is 42.0 Å². The van der Waals surface area contributed by atoms with Gasteiger partial charge in [0.25, 0.3) is 5.91 Å². The second kappa shape index (κ2) is 7.10. The molecule has 0 atom stereocenters. The number of aromatic nitrogens is 1. The minimum atomic E-state index is -0.528. The number of thiophene rings is 1. The van der Waals surface area contributed by atoms with Crippen LogP contribution in [-0.2, 0) is 0 Å². The molecular weight excluding hydrogens is 383 g/mol. The molecule has 0 spiro atoms. The summed E-state index contributed by atoms with van der Waals surface area (Å²) in [5.74, 6) is -0.829. The Morgan fingerprint density at radius 2 is 1.93 bits per heavy atom. The summed E-state index contributed by atoms with van der Waals surface area (Å²) < 4.78 is 13.4. The van der Waals surface area contributed by atoms with Gasteiger partial charge in [-0.05, 0) is 49.4 Å². The molecule has 0 saturated carbocycles. The van der Waals surface area contributed by atoms with Crippen molar-refractivity contribution in [3.05, 3.63) is 81.9 Å². The summed E-state index contributed by atoms with van der Waals surface area (Å²) in [7, 11) is 0. The number of amides is 1. The molecule has 2 heterocycles. The monoisotopic (exact) mass is 396 g/mol. The predicted octanol–water partition coefficient (Wildman–Crippen LogP) is 6.32. The first-order chi connectivity index (χ1) is 13.0. The van der Waals surface area contributed by atoms with Crippen LogP contribution in [0.4, 0.5) is 10.1 Å². The molecule has 0 bridgehead atoms. The molecule has 4 aromatic rings. The van der Waals surface area contributed by atoms with Crippen molar-refractivity contribution in [2.45, 2.75) is 6.92 Å². The van der Waals surface area contributed by atoms with Gasteiger partial charge in [0, 0.05) is 16.0 Å². The van der Waals surface area contributed by atoms with Crippen LogP contribution in [0, 0.1) is 12.7 Å². The van der Waals surface area contributed by atoms with Gasteiger partial charge in [-0.25, -0.2) is 9.37 Å². The Morgan fingerprint density at radius 3 is 2.67 bits per heavy atom. The lowest BCUT2D eigenvalue weighted by Crippen LogP contribution is -2.13. The van der Waals surface area contributed by atoms with E-state index >= 15 is 0 Å². The van der Waals surface area contributed by atoms with Gasteiger partial charge in [0.05, 0.1) is 26.7 Å². The Morgan fingerprint density at radius 1 is 1.11 bits per heavy atom. The van der Waals surface area contributed by atoms with Crippen LogP contribution in [0.1, 0.15) is 15.2 Å². The summed E-state index contributed by atoms with van der Waals surface area (Å²) in [5.41, 5.74) is 2.42. The summed E-state index contributed by atoms with van der Waals surface area (Å²) in [6.45, 7) is 2.03. The fourth-order valence-electron chi connectivity index (χ4n) is 2.83. The van der Waals surface area contributed by atoms with Crippen molar-refractivity contribution in [1.82, 2.24) is 4.98 Å². The summed E-state index contributed by atoms with van der Waals surface area (Å²) in [4.78, 5) is 19.8. The highest BCUT2D eigenvalue weighted by Crippen LogP contribution is 2.30. The van der Waals surface area contributed by atoms with Crippen LogP contribution in [0.15, 0.2) is 60.7 Å². The van der Waals surface area contributed by atoms with E-state index in [2.05, 4.69) is 5.32 Å². The summed E-state index contributed by atoms with van der Waals surface area (Å²) in [6, 6.07) is 17.4. The number of fused-ring (bicyclic) bond motifs is 1. The van der Waals surface area contributed by atoms with Gasteiger partial charge in [0.15, 0.2) is 0 Å². The zero-order valence-electron chi connectivity index (χ0n) is 14.3. The van der Waals surface area contributed by atoms with E-state index in [0.29, 0.717) is 11.3 Å². The van der Waals surface area contributed by atoms with Crippen LogP contribution in [0.3, 0.4) is 0 Å². The first-order valence-electron chi connectivity index (χ1n) is 8.24. The van der Waals surface area contributed by atoms with Crippen molar-refractivity contribution in [2.24, 2.45) is 0 Å². The molecule has 0 aliphatic rings. The van der Waals surface area contributed by atoms with Gasteiger partial charge < -0.3 is 5.32 Å². The third-order valence-corrected chi connectivity index (χ3v) is 5.44. The fraction of sp³-hybridized carbons (Fsp3) is 0.0476. The van der Waals surface area contributed by atoms with E-state index in [-0.39, 0.29) is 10.9 Å². The molecule has 3 nitrogen and oxygen atoms in total. The highest BCUT2D eigenvalue weighted by atomic mass is 35.5. The SMILES string of the molecule is Cc1ccc(-c2cc(C(=O)Nc3ccc(F)c(Cl)c3)c3ccccc3n2)s1. The largest absolute Gasteiger partial charge is 0.322 e. The molecule has 2 aromatic heterocycles. The average Bonchev–Trinajstić information content (AvgIpc) is 3.10. The smallest absolute Gasteiger partial charge is 0.256 e. The highest BCUT2D eigenvalue weighted by Gasteiger charge is 2.15. The summed E-state index contributed by atoms with van der Waals surface area (Å²) >= 11 is 7.44. The van der Waals surface area contributed by atoms with Crippen molar-refractivity contribution in [2.75, 3.05) is 5.32 Å². The number of aryl methyl sites for hydroxylation is 1. The lowest BCUT2D eigenvalue weighted by atomic mass is 10.1. The van der Waals surface area contributed by atoms with E-state index in [0.717, 1.165) is 21.5 Å². The molecule has 2 aromatic carbocycles. The normalized spacial score (nSPS) is 10.9. The van der Waals surface area contributed by atoms with Crippen LogP contribution < -0.4 is 5.32 Å². The van der Waals surface area contributed by atoms with Crippen LogP contribution in [-0.4, -0.2) is 10.9 Å². The standard InChI is InChI=1S/C21H14ClFN2OS/c1-12-6-9-20(27-12)19-11-15(14-4-2-3-5-18(14)25-19)21(26)24-13-7-8-17(23)16(22)10-13/h2-11H,1H3,(H,24,26). The van der Waals surface area contributed by atoms with Gasteiger partial charge in [-0.1, -0.05) is 29.8 Å². The van der Waals surface area contributed by atoms with E-state index < -0.39 is 5.82 Å². The average molecular weight is 397 g/mol. The molecule has 6 heteroatoms. The Bertz CT molecular complexity index is 1170. The molecule has 0 fully saturated rings. The number of para-hydroxylation sites is 1. The third kappa shape index (κ3) is 3.56. The highest BCUT2D eigenvalue weighted by molar-refractivity contribution is 7.15. The van der Waals surface area contributed by atoms with E-state index in [1.54, 1.807) is 17.4 Å². The number of benzene rings is 2. The first kappa shape index (κ1) is 17.6. The molecule has 0 saturated heterocycles. The maximum Gasteiger partial charge on any atom is 0.256 e. The van der Waals surface area contributed by atoms with Gasteiger partial charge in [-0.15, -0.1) is 11.3 Å². The second-order valence-electron chi connectivity index (χ2n) is 6.07. The number of halogens is 2. The quantitative estimate of drug-likeness (QED) is 0.440. The van der Waals surface area contributed by atoms with E-state index in [1.807, 2.05) is 43.3 Å². The van der Waals surface area contributed by atoms with Crippen molar-refractivity contribution < 1.29 is 9.18 Å². The molecule has 27 heavy (non-hydrogen) atoms.